The molecule has 0 aromatic heterocycles. The van der Waals surface area contributed by atoms with Crippen molar-refractivity contribution in [3.8, 4) is 0 Å². The van der Waals surface area contributed by atoms with Gasteiger partial charge in [0.1, 0.15) is 5.60 Å². The molecule has 4 atom stereocenters. The van der Waals surface area contributed by atoms with Crippen LogP contribution in [0.25, 0.3) is 0 Å². The lowest BCUT2D eigenvalue weighted by Crippen LogP contribution is -2.58. The number of fused-ring (bicyclic) bond motifs is 1. The molecule has 4 nitrogen and oxygen atoms in total. The summed E-state index contributed by atoms with van der Waals surface area (Å²) in [4.78, 5) is 22.8. The van der Waals surface area contributed by atoms with Crippen LogP contribution in [0.2, 0.25) is 0 Å². The molecule has 0 aromatic carbocycles. The molecule has 148 valence electrons. The zero-order valence-corrected chi connectivity index (χ0v) is 17.4. The summed E-state index contributed by atoms with van der Waals surface area (Å²) in [5.41, 5.74) is 1.08. The number of ether oxygens (including phenoxy) is 2. The Morgan fingerprint density at radius 1 is 1.15 bits per heavy atom. The van der Waals surface area contributed by atoms with Crippen LogP contribution in [0.5, 0.6) is 0 Å². The van der Waals surface area contributed by atoms with Gasteiger partial charge in [-0.05, 0) is 69.1 Å². The summed E-state index contributed by atoms with van der Waals surface area (Å²) >= 11 is 0. The summed E-state index contributed by atoms with van der Waals surface area (Å²) < 4.78 is 10.4. The van der Waals surface area contributed by atoms with E-state index >= 15 is 0 Å². The second-order valence-corrected chi connectivity index (χ2v) is 9.57. The van der Waals surface area contributed by atoms with Gasteiger partial charge < -0.3 is 9.47 Å². The summed E-state index contributed by atoms with van der Waals surface area (Å²) in [5, 5.41) is 0. The third-order valence-electron chi connectivity index (χ3n) is 7.45. The van der Waals surface area contributed by atoms with Crippen LogP contribution >= 0.6 is 0 Å². The third kappa shape index (κ3) is 3.99. The standard InChI is InChI=1S/C22H36O4/c1-16(14-19(24)25-6)8-9-18-21(4)12-7-11-20(2,3)17(21)10-13-22(18,5)26-15-23/h14-15,17-18H,7-13H2,1-6H3/b16-14+/t17?,18-,21+,22-/m1/s1. The summed E-state index contributed by atoms with van der Waals surface area (Å²) in [6.45, 7) is 11.9. The maximum absolute atomic E-state index is 11.5. The lowest BCUT2D eigenvalue weighted by molar-refractivity contribution is -0.190. The average molecular weight is 365 g/mol. The van der Waals surface area contributed by atoms with Gasteiger partial charge in [0, 0.05) is 12.0 Å². The Morgan fingerprint density at radius 2 is 1.85 bits per heavy atom. The van der Waals surface area contributed by atoms with Crippen LogP contribution in [0.1, 0.15) is 79.6 Å². The van der Waals surface area contributed by atoms with Crippen molar-refractivity contribution in [2.24, 2.45) is 22.7 Å². The molecule has 0 heterocycles. The van der Waals surface area contributed by atoms with Gasteiger partial charge in [0.25, 0.3) is 6.47 Å². The van der Waals surface area contributed by atoms with E-state index in [1.807, 2.05) is 6.92 Å². The second kappa shape index (κ2) is 7.74. The molecule has 2 rings (SSSR count). The number of carbonyl (C=O) groups is 2. The van der Waals surface area contributed by atoms with Crippen molar-refractivity contribution in [2.45, 2.75) is 85.2 Å². The summed E-state index contributed by atoms with van der Waals surface area (Å²) in [5.74, 6) is 0.627. The van der Waals surface area contributed by atoms with Gasteiger partial charge in [-0.15, -0.1) is 0 Å². The number of hydrogen-bond donors (Lipinski definition) is 0. The molecule has 2 saturated carbocycles. The first kappa shape index (κ1) is 21.0. The van der Waals surface area contributed by atoms with Gasteiger partial charge in [-0.2, -0.15) is 0 Å². The Balaban J connectivity index is 2.29. The van der Waals surface area contributed by atoms with Crippen LogP contribution < -0.4 is 0 Å². The Morgan fingerprint density at radius 3 is 2.46 bits per heavy atom. The van der Waals surface area contributed by atoms with Gasteiger partial charge in [0.15, 0.2) is 0 Å². The lowest BCUT2D eigenvalue weighted by atomic mass is 9.45. The van der Waals surface area contributed by atoms with Crippen molar-refractivity contribution in [1.82, 2.24) is 0 Å². The fraction of sp³-hybridized carbons (Fsp3) is 0.818. The molecule has 0 spiro atoms. The number of esters is 1. The number of rotatable bonds is 6. The molecule has 0 bridgehead atoms. The molecule has 4 heteroatoms. The smallest absolute Gasteiger partial charge is 0.330 e. The van der Waals surface area contributed by atoms with E-state index in [4.69, 9.17) is 9.47 Å². The number of allylic oxidation sites excluding steroid dienone is 1. The molecule has 2 fully saturated rings. The molecule has 26 heavy (non-hydrogen) atoms. The largest absolute Gasteiger partial charge is 0.466 e. The van der Waals surface area contributed by atoms with Crippen LogP contribution in [-0.4, -0.2) is 25.2 Å². The first-order valence-electron chi connectivity index (χ1n) is 9.95. The Labute approximate surface area is 158 Å². The van der Waals surface area contributed by atoms with Gasteiger partial charge in [0.05, 0.1) is 7.11 Å². The van der Waals surface area contributed by atoms with Crippen LogP contribution in [0, 0.1) is 22.7 Å². The molecule has 0 amide bonds. The van der Waals surface area contributed by atoms with E-state index in [2.05, 4.69) is 27.7 Å². The highest BCUT2D eigenvalue weighted by molar-refractivity contribution is 5.82. The van der Waals surface area contributed by atoms with Gasteiger partial charge in [0.2, 0.25) is 0 Å². The number of hydrogen-bond acceptors (Lipinski definition) is 4. The van der Waals surface area contributed by atoms with Crippen LogP contribution in [0.3, 0.4) is 0 Å². The predicted octanol–water partition coefficient (Wildman–Crippen LogP) is 5.06. The third-order valence-corrected chi connectivity index (χ3v) is 7.45. The van der Waals surface area contributed by atoms with E-state index in [9.17, 15) is 9.59 Å². The summed E-state index contributed by atoms with van der Waals surface area (Å²) in [6, 6.07) is 0. The van der Waals surface area contributed by atoms with Crippen LogP contribution in [0.15, 0.2) is 11.6 Å². The molecule has 2 aliphatic rings. The first-order valence-corrected chi connectivity index (χ1v) is 9.95. The van der Waals surface area contributed by atoms with E-state index in [-0.39, 0.29) is 11.4 Å². The SMILES string of the molecule is COC(=O)/C=C(\C)CC[C@H]1[C@](C)(OC=O)CCC2C(C)(C)CCC[C@@]21C. The second-order valence-electron chi connectivity index (χ2n) is 9.57. The summed E-state index contributed by atoms with van der Waals surface area (Å²) in [7, 11) is 1.40. The topological polar surface area (TPSA) is 52.6 Å². The normalized spacial score (nSPS) is 36.8. The summed E-state index contributed by atoms with van der Waals surface area (Å²) in [6.07, 6.45) is 9.03. The molecule has 0 N–H and O–H groups in total. The van der Waals surface area contributed by atoms with Gasteiger partial charge in [-0.1, -0.05) is 32.8 Å². The first-order chi connectivity index (χ1) is 12.1. The maximum Gasteiger partial charge on any atom is 0.330 e. The number of carbonyl (C=O) groups excluding carboxylic acids is 2. The maximum atomic E-state index is 11.5. The van der Waals surface area contributed by atoms with Crippen LogP contribution in [-0.2, 0) is 19.1 Å². The van der Waals surface area contributed by atoms with Crippen molar-refractivity contribution in [1.29, 1.82) is 0 Å². The monoisotopic (exact) mass is 364 g/mol. The minimum Gasteiger partial charge on any atom is -0.466 e. The van der Waals surface area contributed by atoms with Crippen molar-refractivity contribution in [3.63, 3.8) is 0 Å². The minimum atomic E-state index is -0.425. The van der Waals surface area contributed by atoms with E-state index in [1.54, 1.807) is 6.08 Å². The molecule has 0 saturated heterocycles. The van der Waals surface area contributed by atoms with Crippen LogP contribution in [0.4, 0.5) is 0 Å². The Kier molecular flexibility index (Phi) is 6.24. The van der Waals surface area contributed by atoms with Crippen molar-refractivity contribution in [3.05, 3.63) is 11.6 Å². The average Bonchev–Trinajstić information content (AvgIpc) is 2.53. The van der Waals surface area contributed by atoms with E-state index in [1.165, 1.54) is 26.4 Å². The lowest BCUT2D eigenvalue weighted by Gasteiger charge is -2.61. The van der Waals surface area contributed by atoms with Crippen molar-refractivity contribution >= 4 is 12.4 Å². The van der Waals surface area contributed by atoms with E-state index in [0.717, 1.165) is 31.3 Å². The fourth-order valence-electron chi connectivity index (χ4n) is 6.20. The van der Waals surface area contributed by atoms with Crippen molar-refractivity contribution in [2.75, 3.05) is 7.11 Å². The predicted molar refractivity (Wildman–Crippen MR) is 103 cm³/mol. The number of methoxy groups -OCH3 is 1. The van der Waals surface area contributed by atoms with E-state index < -0.39 is 5.60 Å². The fourth-order valence-corrected chi connectivity index (χ4v) is 6.20. The molecule has 1 unspecified atom stereocenters. The van der Waals surface area contributed by atoms with E-state index in [0.29, 0.717) is 23.7 Å². The highest BCUT2D eigenvalue weighted by Crippen LogP contribution is 2.63. The van der Waals surface area contributed by atoms with Gasteiger partial charge in [-0.25, -0.2) is 4.79 Å². The molecule has 0 aromatic rings. The molecular formula is C22H36O4. The molecule has 0 radical (unpaired) electrons. The Hall–Kier alpha value is -1.32. The Bertz CT molecular complexity index is 564. The zero-order valence-electron chi connectivity index (χ0n) is 17.4. The molecule has 2 aliphatic carbocycles. The van der Waals surface area contributed by atoms with Crippen molar-refractivity contribution < 1.29 is 19.1 Å². The zero-order chi connectivity index (χ0) is 19.6. The quantitative estimate of drug-likeness (QED) is 0.375. The van der Waals surface area contributed by atoms with Gasteiger partial charge >= 0.3 is 5.97 Å². The minimum absolute atomic E-state index is 0.156. The highest BCUT2D eigenvalue weighted by Gasteiger charge is 2.58. The highest BCUT2D eigenvalue weighted by atomic mass is 16.5. The molecular weight excluding hydrogens is 328 g/mol. The van der Waals surface area contributed by atoms with Gasteiger partial charge in [-0.3, -0.25) is 4.79 Å². The molecule has 0 aliphatic heterocycles.